The Morgan fingerprint density at radius 1 is 1.11 bits per heavy atom. The van der Waals surface area contributed by atoms with Gasteiger partial charge in [-0.3, -0.25) is 4.79 Å². The van der Waals surface area contributed by atoms with Gasteiger partial charge >= 0.3 is 6.03 Å². The van der Waals surface area contributed by atoms with E-state index in [1.807, 2.05) is 37.4 Å². The summed E-state index contributed by atoms with van der Waals surface area (Å²) in [6.07, 6.45) is 1.78. The van der Waals surface area contributed by atoms with E-state index in [2.05, 4.69) is 22.6 Å². The highest BCUT2D eigenvalue weighted by Crippen LogP contribution is 2.15. The molecule has 2 N–H and O–H groups in total. The zero-order valence-corrected chi connectivity index (χ0v) is 16.5. The van der Waals surface area contributed by atoms with Gasteiger partial charge in [0.25, 0.3) is 5.91 Å². The summed E-state index contributed by atoms with van der Waals surface area (Å²) in [5, 5.41) is 5.83. The molecule has 2 aromatic carbocycles. The molecule has 0 saturated carbocycles. The standard InChI is InChI=1S/C22H28N4O2/c1-25-15-13-20(16-25)26(2)22(28)24-19-10-8-18(9-11-19)21(27)23-14-12-17-6-4-3-5-7-17/h3-11,20H,12-16H2,1-2H3,(H,23,27)(H,24,28)/t20-/m1/s1. The number of nitrogens with zero attached hydrogens (tertiary/aromatic N) is 2. The van der Waals surface area contributed by atoms with Crippen LogP contribution in [0.3, 0.4) is 0 Å². The van der Waals surface area contributed by atoms with Gasteiger partial charge in [0.1, 0.15) is 0 Å². The molecule has 0 aromatic heterocycles. The first-order chi connectivity index (χ1) is 13.5. The molecule has 2 aromatic rings. The Hall–Kier alpha value is -2.86. The van der Waals surface area contributed by atoms with E-state index in [0.29, 0.717) is 17.8 Å². The van der Waals surface area contributed by atoms with Gasteiger partial charge in [0.2, 0.25) is 0 Å². The van der Waals surface area contributed by atoms with Gasteiger partial charge in [-0.1, -0.05) is 30.3 Å². The van der Waals surface area contributed by atoms with Crippen LogP contribution in [-0.2, 0) is 6.42 Å². The van der Waals surface area contributed by atoms with Crippen molar-refractivity contribution < 1.29 is 9.59 Å². The molecule has 0 aliphatic carbocycles. The van der Waals surface area contributed by atoms with Gasteiger partial charge < -0.3 is 20.4 Å². The largest absolute Gasteiger partial charge is 0.352 e. The summed E-state index contributed by atoms with van der Waals surface area (Å²) < 4.78 is 0. The van der Waals surface area contributed by atoms with Crippen molar-refractivity contribution in [3.63, 3.8) is 0 Å². The predicted octanol–water partition coefficient (Wildman–Crippen LogP) is 2.83. The molecule has 0 spiro atoms. The number of likely N-dealkylation sites (N-methyl/N-ethyl adjacent to an activating group) is 2. The molecule has 148 valence electrons. The molecular formula is C22H28N4O2. The van der Waals surface area contributed by atoms with E-state index in [-0.39, 0.29) is 18.0 Å². The molecule has 28 heavy (non-hydrogen) atoms. The predicted molar refractivity (Wildman–Crippen MR) is 112 cm³/mol. The van der Waals surface area contributed by atoms with E-state index >= 15 is 0 Å². The van der Waals surface area contributed by atoms with Crippen molar-refractivity contribution in [2.75, 3.05) is 39.0 Å². The van der Waals surface area contributed by atoms with E-state index in [0.717, 1.165) is 25.9 Å². The number of carbonyl (C=O) groups excluding carboxylic acids is 2. The number of amides is 3. The van der Waals surface area contributed by atoms with Crippen molar-refractivity contribution in [3.8, 4) is 0 Å². The second-order valence-electron chi connectivity index (χ2n) is 7.31. The number of carbonyl (C=O) groups is 2. The van der Waals surface area contributed by atoms with Crippen molar-refractivity contribution >= 4 is 17.6 Å². The highest BCUT2D eigenvalue weighted by molar-refractivity contribution is 5.95. The molecule has 0 unspecified atom stereocenters. The van der Waals surface area contributed by atoms with E-state index in [1.54, 1.807) is 29.2 Å². The maximum absolute atomic E-state index is 12.4. The Morgan fingerprint density at radius 2 is 1.82 bits per heavy atom. The summed E-state index contributed by atoms with van der Waals surface area (Å²) in [6, 6.07) is 17.2. The molecule has 1 aliphatic heterocycles. The van der Waals surface area contributed by atoms with Crippen LogP contribution < -0.4 is 10.6 Å². The number of likely N-dealkylation sites (tertiary alicyclic amines) is 1. The van der Waals surface area contributed by atoms with E-state index in [4.69, 9.17) is 0 Å². The van der Waals surface area contributed by atoms with Crippen LogP contribution in [0, 0.1) is 0 Å². The summed E-state index contributed by atoms with van der Waals surface area (Å²) in [5.41, 5.74) is 2.46. The molecule has 3 amide bonds. The van der Waals surface area contributed by atoms with Crippen LogP contribution in [-0.4, -0.2) is 61.5 Å². The molecule has 1 aliphatic rings. The molecule has 0 bridgehead atoms. The van der Waals surface area contributed by atoms with Gasteiger partial charge in [0.15, 0.2) is 0 Å². The lowest BCUT2D eigenvalue weighted by Gasteiger charge is -2.24. The minimum Gasteiger partial charge on any atom is -0.352 e. The minimum atomic E-state index is -0.125. The third kappa shape index (κ3) is 5.33. The second-order valence-corrected chi connectivity index (χ2v) is 7.31. The van der Waals surface area contributed by atoms with Crippen LogP contribution in [0.25, 0.3) is 0 Å². The van der Waals surface area contributed by atoms with Crippen molar-refractivity contribution in [3.05, 3.63) is 65.7 Å². The SMILES string of the molecule is CN1CC[C@@H](N(C)C(=O)Nc2ccc(C(=O)NCCc3ccccc3)cc2)C1. The monoisotopic (exact) mass is 380 g/mol. The Balaban J connectivity index is 1.47. The van der Waals surface area contributed by atoms with Crippen LogP contribution in [0.5, 0.6) is 0 Å². The minimum absolute atomic E-state index is 0.111. The number of benzene rings is 2. The summed E-state index contributed by atoms with van der Waals surface area (Å²) in [5.74, 6) is -0.111. The summed E-state index contributed by atoms with van der Waals surface area (Å²) >= 11 is 0. The zero-order chi connectivity index (χ0) is 19.9. The highest BCUT2D eigenvalue weighted by Gasteiger charge is 2.26. The van der Waals surface area contributed by atoms with Gasteiger partial charge in [-0.25, -0.2) is 4.79 Å². The van der Waals surface area contributed by atoms with E-state index in [9.17, 15) is 9.59 Å². The lowest BCUT2D eigenvalue weighted by atomic mass is 10.1. The fourth-order valence-corrected chi connectivity index (χ4v) is 3.38. The molecule has 1 fully saturated rings. The molecule has 1 saturated heterocycles. The molecule has 3 rings (SSSR count). The zero-order valence-electron chi connectivity index (χ0n) is 16.5. The fraction of sp³-hybridized carbons (Fsp3) is 0.364. The van der Waals surface area contributed by atoms with Gasteiger partial charge in [-0.05, 0) is 56.3 Å². The Kier molecular flexibility index (Phi) is 6.66. The number of urea groups is 1. The summed E-state index contributed by atoms with van der Waals surface area (Å²) in [6.45, 7) is 2.49. The third-order valence-electron chi connectivity index (χ3n) is 5.17. The van der Waals surface area contributed by atoms with Gasteiger partial charge in [0, 0.05) is 37.4 Å². The molecule has 0 radical (unpaired) electrons. The van der Waals surface area contributed by atoms with Crippen LogP contribution in [0.1, 0.15) is 22.3 Å². The van der Waals surface area contributed by atoms with Gasteiger partial charge in [-0.15, -0.1) is 0 Å². The first-order valence-corrected chi connectivity index (χ1v) is 9.67. The van der Waals surface area contributed by atoms with Crippen molar-refractivity contribution in [2.45, 2.75) is 18.9 Å². The Labute approximate surface area is 166 Å². The molecule has 6 heteroatoms. The number of nitrogens with one attached hydrogen (secondary N) is 2. The molecular weight excluding hydrogens is 352 g/mol. The maximum atomic E-state index is 12.4. The number of rotatable bonds is 6. The maximum Gasteiger partial charge on any atom is 0.321 e. The van der Waals surface area contributed by atoms with Gasteiger partial charge in [-0.2, -0.15) is 0 Å². The lowest BCUT2D eigenvalue weighted by Crippen LogP contribution is -2.41. The van der Waals surface area contributed by atoms with Crippen LogP contribution in [0.4, 0.5) is 10.5 Å². The quantitative estimate of drug-likeness (QED) is 0.810. The number of hydrogen-bond acceptors (Lipinski definition) is 3. The lowest BCUT2D eigenvalue weighted by molar-refractivity contribution is 0.0954. The Morgan fingerprint density at radius 3 is 2.46 bits per heavy atom. The van der Waals surface area contributed by atoms with Crippen LogP contribution in [0.15, 0.2) is 54.6 Å². The average Bonchev–Trinajstić information content (AvgIpc) is 3.15. The molecule has 6 nitrogen and oxygen atoms in total. The summed E-state index contributed by atoms with van der Waals surface area (Å²) in [4.78, 5) is 28.7. The molecule has 1 atom stereocenters. The highest BCUT2D eigenvalue weighted by atomic mass is 16.2. The third-order valence-corrected chi connectivity index (χ3v) is 5.17. The van der Waals surface area contributed by atoms with Crippen LogP contribution in [0.2, 0.25) is 0 Å². The second kappa shape index (κ2) is 9.37. The Bertz CT molecular complexity index is 792. The van der Waals surface area contributed by atoms with Crippen molar-refractivity contribution in [2.24, 2.45) is 0 Å². The average molecular weight is 380 g/mol. The summed E-state index contributed by atoms with van der Waals surface area (Å²) in [7, 11) is 3.89. The number of hydrogen-bond donors (Lipinski definition) is 2. The van der Waals surface area contributed by atoms with E-state index in [1.165, 1.54) is 5.56 Å². The topological polar surface area (TPSA) is 64.7 Å². The smallest absolute Gasteiger partial charge is 0.321 e. The first kappa shape index (κ1) is 19.9. The van der Waals surface area contributed by atoms with Crippen molar-refractivity contribution in [1.82, 2.24) is 15.1 Å². The van der Waals surface area contributed by atoms with Crippen LogP contribution >= 0.6 is 0 Å². The normalized spacial score (nSPS) is 16.6. The fourth-order valence-electron chi connectivity index (χ4n) is 3.38. The number of anilines is 1. The van der Waals surface area contributed by atoms with Gasteiger partial charge in [0.05, 0.1) is 0 Å². The van der Waals surface area contributed by atoms with Crippen molar-refractivity contribution in [1.29, 1.82) is 0 Å². The first-order valence-electron chi connectivity index (χ1n) is 9.67. The van der Waals surface area contributed by atoms with E-state index < -0.39 is 0 Å². The molecule has 1 heterocycles.